The zero-order valence-electron chi connectivity index (χ0n) is 19.5. The van der Waals surface area contributed by atoms with Crippen LogP contribution in [0, 0.1) is 12.8 Å². The number of nitrogens with zero attached hydrogens (tertiary/aromatic N) is 1. The highest BCUT2D eigenvalue weighted by Gasteiger charge is 2.25. The molecule has 0 radical (unpaired) electrons. The Morgan fingerprint density at radius 3 is 2.15 bits per heavy atom. The molecule has 3 aromatic carbocycles. The first kappa shape index (κ1) is 23.2. The first-order valence-electron chi connectivity index (χ1n) is 11.4. The Labute approximate surface area is 198 Å². The number of aromatic nitrogens is 1. The summed E-state index contributed by atoms with van der Waals surface area (Å²) in [6.45, 7) is 5.85. The molecule has 1 N–H and O–H groups in total. The van der Waals surface area contributed by atoms with Crippen molar-refractivity contribution < 1.29 is 13.9 Å². The zero-order valence-corrected chi connectivity index (χ0v) is 19.5. The van der Waals surface area contributed by atoms with E-state index in [1.54, 1.807) is 6.07 Å². The van der Waals surface area contributed by atoms with Crippen molar-refractivity contribution in [1.29, 1.82) is 0 Å². The second-order valence-electron chi connectivity index (χ2n) is 8.65. The molecule has 0 aliphatic carbocycles. The van der Waals surface area contributed by atoms with E-state index in [-0.39, 0.29) is 24.3 Å². The molecule has 6 nitrogen and oxygen atoms in total. The molecule has 1 heterocycles. The number of benzene rings is 3. The van der Waals surface area contributed by atoms with Gasteiger partial charge < -0.3 is 14.5 Å². The first-order valence-corrected chi connectivity index (χ1v) is 11.4. The number of rotatable bonds is 7. The molecule has 0 spiro atoms. The summed E-state index contributed by atoms with van der Waals surface area (Å²) in [6.07, 6.45) is -0.593. The standard InChI is InChI=1S/C28H28N2O4/c1-18(2)25(26-29-23-16-10-11-19(3)24(23)27(31)34-26)30-28(32)33-17-22(20-12-6-4-7-13-20)21-14-8-5-9-15-21/h4-16,18,22,25H,17H2,1-3H3,(H,30,32)/t25-/m0/s1. The van der Waals surface area contributed by atoms with E-state index in [4.69, 9.17) is 9.15 Å². The lowest BCUT2D eigenvalue weighted by atomic mass is 9.92. The number of fused-ring (bicyclic) bond motifs is 1. The van der Waals surface area contributed by atoms with Crippen LogP contribution in [0.25, 0.3) is 10.9 Å². The molecule has 0 aliphatic rings. The quantitative estimate of drug-likeness (QED) is 0.383. The Kier molecular flexibility index (Phi) is 7.07. The van der Waals surface area contributed by atoms with E-state index >= 15 is 0 Å². The van der Waals surface area contributed by atoms with Gasteiger partial charge in [0.15, 0.2) is 0 Å². The van der Waals surface area contributed by atoms with Crippen molar-refractivity contribution in [2.75, 3.05) is 6.61 Å². The molecule has 1 atom stereocenters. The molecule has 34 heavy (non-hydrogen) atoms. The fourth-order valence-corrected chi connectivity index (χ4v) is 4.03. The van der Waals surface area contributed by atoms with Gasteiger partial charge in [0, 0.05) is 5.92 Å². The topological polar surface area (TPSA) is 81.4 Å². The van der Waals surface area contributed by atoms with Crippen LogP contribution in [0.2, 0.25) is 0 Å². The number of alkyl carbamates (subject to hydrolysis) is 1. The van der Waals surface area contributed by atoms with Crippen LogP contribution in [-0.4, -0.2) is 17.7 Å². The van der Waals surface area contributed by atoms with Crippen molar-refractivity contribution in [2.24, 2.45) is 5.92 Å². The monoisotopic (exact) mass is 456 g/mol. The summed E-state index contributed by atoms with van der Waals surface area (Å²) in [4.78, 5) is 30.0. The Hall–Kier alpha value is -3.93. The van der Waals surface area contributed by atoms with Crippen molar-refractivity contribution in [3.8, 4) is 0 Å². The van der Waals surface area contributed by atoms with Crippen LogP contribution < -0.4 is 10.9 Å². The molecular weight excluding hydrogens is 428 g/mol. The Balaban J connectivity index is 1.53. The summed E-state index contributed by atoms with van der Waals surface area (Å²) >= 11 is 0. The van der Waals surface area contributed by atoms with E-state index in [9.17, 15) is 9.59 Å². The SMILES string of the molecule is Cc1cccc2nc([C@@H](NC(=O)OCC(c3ccccc3)c3ccccc3)C(C)C)oc(=O)c12. The van der Waals surface area contributed by atoms with Gasteiger partial charge in [-0.05, 0) is 35.6 Å². The maximum atomic E-state index is 12.8. The molecule has 0 saturated carbocycles. The van der Waals surface area contributed by atoms with Gasteiger partial charge in [0.05, 0.1) is 10.9 Å². The largest absolute Gasteiger partial charge is 0.449 e. The van der Waals surface area contributed by atoms with Crippen molar-refractivity contribution in [1.82, 2.24) is 10.3 Å². The molecule has 0 saturated heterocycles. The van der Waals surface area contributed by atoms with Crippen LogP contribution in [0.4, 0.5) is 4.79 Å². The summed E-state index contributed by atoms with van der Waals surface area (Å²) in [6, 6.07) is 24.7. The fraction of sp³-hybridized carbons (Fsp3) is 0.250. The maximum absolute atomic E-state index is 12.8. The number of amides is 1. The summed E-state index contributed by atoms with van der Waals surface area (Å²) in [7, 11) is 0. The van der Waals surface area contributed by atoms with Crippen LogP contribution in [0.5, 0.6) is 0 Å². The third kappa shape index (κ3) is 5.17. The highest BCUT2D eigenvalue weighted by molar-refractivity contribution is 5.80. The van der Waals surface area contributed by atoms with Crippen LogP contribution in [0.3, 0.4) is 0 Å². The third-order valence-corrected chi connectivity index (χ3v) is 5.87. The lowest BCUT2D eigenvalue weighted by Gasteiger charge is -2.22. The number of hydrogen-bond donors (Lipinski definition) is 1. The van der Waals surface area contributed by atoms with Gasteiger partial charge in [-0.25, -0.2) is 14.6 Å². The molecule has 174 valence electrons. The van der Waals surface area contributed by atoms with E-state index in [0.29, 0.717) is 10.9 Å². The number of hydrogen-bond acceptors (Lipinski definition) is 5. The van der Waals surface area contributed by atoms with Gasteiger partial charge in [-0.15, -0.1) is 0 Å². The van der Waals surface area contributed by atoms with Gasteiger partial charge in [0.1, 0.15) is 12.6 Å². The molecule has 0 fully saturated rings. The van der Waals surface area contributed by atoms with Gasteiger partial charge in [-0.3, -0.25) is 0 Å². The molecule has 0 aliphatic heterocycles. The summed E-state index contributed by atoms with van der Waals surface area (Å²) in [5.41, 5.74) is 2.98. The fourth-order valence-electron chi connectivity index (χ4n) is 4.03. The summed E-state index contributed by atoms with van der Waals surface area (Å²) in [5, 5.41) is 3.29. The number of aryl methyl sites for hydroxylation is 1. The third-order valence-electron chi connectivity index (χ3n) is 5.87. The molecule has 4 rings (SSSR count). The van der Waals surface area contributed by atoms with E-state index in [2.05, 4.69) is 10.3 Å². The molecule has 4 aromatic rings. The Morgan fingerprint density at radius 2 is 1.56 bits per heavy atom. The second kappa shape index (κ2) is 10.3. The molecule has 0 unspecified atom stereocenters. The predicted molar refractivity (Wildman–Crippen MR) is 132 cm³/mol. The van der Waals surface area contributed by atoms with E-state index in [0.717, 1.165) is 16.7 Å². The average molecular weight is 457 g/mol. The van der Waals surface area contributed by atoms with Crippen molar-refractivity contribution in [2.45, 2.75) is 32.7 Å². The Morgan fingerprint density at radius 1 is 0.941 bits per heavy atom. The van der Waals surface area contributed by atoms with Gasteiger partial charge in [0.2, 0.25) is 5.89 Å². The van der Waals surface area contributed by atoms with Gasteiger partial charge in [0.25, 0.3) is 0 Å². The van der Waals surface area contributed by atoms with Gasteiger partial charge in [-0.2, -0.15) is 0 Å². The minimum atomic E-state index is -0.614. The average Bonchev–Trinajstić information content (AvgIpc) is 2.83. The Bertz CT molecular complexity index is 1280. The maximum Gasteiger partial charge on any atom is 0.407 e. The van der Waals surface area contributed by atoms with Crippen LogP contribution in [0.1, 0.15) is 48.4 Å². The normalized spacial score (nSPS) is 12.1. The second-order valence-corrected chi connectivity index (χ2v) is 8.65. The number of carbonyl (C=O) groups is 1. The van der Waals surface area contributed by atoms with Gasteiger partial charge >= 0.3 is 11.7 Å². The molecular formula is C28H28N2O4. The summed E-state index contributed by atoms with van der Waals surface area (Å²) < 4.78 is 11.2. The van der Waals surface area contributed by atoms with Crippen molar-refractivity contribution in [3.63, 3.8) is 0 Å². The number of nitrogens with one attached hydrogen (secondary N) is 1. The van der Waals surface area contributed by atoms with Crippen LogP contribution in [-0.2, 0) is 4.74 Å². The first-order chi connectivity index (χ1) is 16.4. The molecule has 1 amide bonds. The highest BCUT2D eigenvalue weighted by Crippen LogP contribution is 2.26. The molecule has 1 aromatic heterocycles. The summed E-state index contributed by atoms with van der Waals surface area (Å²) in [5.74, 6) is -0.0208. The zero-order chi connectivity index (χ0) is 24.1. The van der Waals surface area contributed by atoms with E-state index in [1.165, 1.54) is 0 Å². The lowest BCUT2D eigenvalue weighted by molar-refractivity contribution is 0.132. The molecule has 0 bridgehead atoms. The van der Waals surface area contributed by atoms with E-state index in [1.807, 2.05) is 93.6 Å². The number of ether oxygens (including phenoxy) is 1. The smallest absolute Gasteiger partial charge is 0.407 e. The minimum Gasteiger partial charge on any atom is -0.449 e. The number of carbonyl (C=O) groups excluding carboxylic acids is 1. The van der Waals surface area contributed by atoms with Crippen LogP contribution in [0.15, 0.2) is 88.1 Å². The molecule has 6 heteroatoms. The van der Waals surface area contributed by atoms with Crippen molar-refractivity contribution >= 4 is 17.0 Å². The minimum absolute atomic E-state index is 0.0792. The van der Waals surface area contributed by atoms with Crippen LogP contribution >= 0.6 is 0 Å². The highest BCUT2D eigenvalue weighted by atomic mass is 16.5. The van der Waals surface area contributed by atoms with Gasteiger partial charge in [-0.1, -0.05) is 86.6 Å². The predicted octanol–water partition coefficient (Wildman–Crippen LogP) is 5.75. The lowest BCUT2D eigenvalue weighted by Crippen LogP contribution is -2.34. The van der Waals surface area contributed by atoms with E-state index < -0.39 is 17.8 Å². The van der Waals surface area contributed by atoms with Crippen molar-refractivity contribution in [3.05, 3.63) is 112 Å².